The number of ether oxygens (including phenoxy) is 1. The largest absolute Gasteiger partial charge is 0.497 e. The lowest BCUT2D eigenvalue weighted by Gasteiger charge is -2.26. The minimum Gasteiger partial charge on any atom is -0.497 e. The summed E-state index contributed by atoms with van der Waals surface area (Å²) in [6.45, 7) is 0.947. The average Bonchev–Trinajstić information content (AvgIpc) is 2.59. The molecule has 0 fully saturated rings. The highest BCUT2D eigenvalue weighted by atomic mass is 16.5. The Kier molecular flexibility index (Phi) is 4.76. The normalized spacial score (nSPS) is 17.1. The third-order valence-electron chi connectivity index (χ3n) is 4.41. The maximum Gasteiger partial charge on any atom is 0.119 e. The van der Waals surface area contributed by atoms with Crippen LogP contribution < -0.4 is 10.1 Å². The number of aryl methyl sites for hydroxylation is 1. The van der Waals surface area contributed by atoms with Crippen molar-refractivity contribution in [2.24, 2.45) is 0 Å². The molecule has 0 bridgehead atoms. The van der Waals surface area contributed by atoms with Gasteiger partial charge in [0.15, 0.2) is 0 Å². The summed E-state index contributed by atoms with van der Waals surface area (Å²) in [6, 6.07) is 15.0. The Morgan fingerprint density at radius 2 is 2.00 bits per heavy atom. The maximum absolute atomic E-state index is 9.21. The molecule has 3 heteroatoms. The zero-order valence-corrected chi connectivity index (χ0v) is 13.0. The zero-order chi connectivity index (χ0) is 15.4. The molecule has 0 radical (unpaired) electrons. The van der Waals surface area contributed by atoms with Crippen molar-refractivity contribution < 1.29 is 9.84 Å². The summed E-state index contributed by atoms with van der Waals surface area (Å²) in [5.74, 6) is 0.940. The van der Waals surface area contributed by atoms with Gasteiger partial charge in [-0.15, -0.1) is 0 Å². The van der Waals surface area contributed by atoms with E-state index in [1.54, 1.807) is 7.11 Å². The molecule has 0 heterocycles. The number of aliphatic hydroxyl groups excluding tert-OH is 1. The van der Waals surface area contributed by atoms with Crippen molar-refractivity contribution in [2.75, 3.05) is 7.11 Å². The predicted octanol–water partition coefficient (Wildman–Crippen LogP) is 2.83. The maximum atomic E-state index is 9.21. The minimum atomic E-state index is 0.102. The molecule has 0 amide bonds. The molecular formula is C19H23NO2. The van der Waals surface area contributed by atoms with Crippen LogP contribution in [0.3, 0.4) is 0 Å². The van der Waals surface area contributed by atoms with Gasteiger partial charge in [0.05, 0.1) is 13.7 Å². The summed E-state index contributed by atoms with van der Waals surface area (Å²) in [5.41, 5.74) is 5.04. The molecule has 0 saturated heterocycles. The third kappa shape index (κ3) is 3.49. The first-order chi connectivity index (χ1) is 10.8. The summed E-state index contributed by atoms with van der Waals surface area (Å²) in [6.07, 6.45) is 3.33. The van der Waals surface area contributed by atoms with Crippen LogP contribution in [-0.4, -0.2) is 18.3 Å². The molecule has 1 unspecified atom stereocenters. The molecule has 0 aliphatic heterocycles. The van der Waals surface area contributed by atoms with Gasteiger partial charge >= 0.3 is 0 Å². The summed E-state index contributed by atoms with van der Waals surface area (Å²) >= 11 is 0. The molecule has 0 aromatic heterocycles. The molecule has 3 nitrogen and oxygen atoms in total. The quantitative estimate of drug-likeness (QED) is 0.891. The predicted molar refractivity (Wildman–Crippen MR) is 88.0 cm³/mol. The van der Waals surface area contributed by atoms with Gasteiger partial charge in [-0.05, 0) is 53.6 Å². The van der Waals surface area contributed by atoms with Gasteiger partial charge in [-0.25, -0.2) is 0 Å². The SMILES string of the molecule is COc1ccc2c(c1)CC(NCc1cccc(CO)c1)CC2. The van der Waals surface area contributed by atoms with Gasteiger partial charge in [0.1, 0.15) is 5.75 Å². The zero-order valence-electron chi connectivity index (χ0n) is 13.0. The fourth-order valence-corrected chi connectivity index (χ4v) is 3.13. The molecule has 3 rings (SSSR count). The molecule has 2 aromatic carbocycles. The van der Waals surface area contributed by atoms with Crippen LogP contribution in [0, 0.1) is 0 Å². The van der Waals surface area contributed by atoms with Crippen LogP contribution in [-0.2, 0) is 26.0 Å². The number of aliphatic hydroxyl groups is 1. The van der Waals surface area contributed by atoms with Crippen molar-refractivity contribution in [3.05, 3.63) is 64.7 Å². The van der Waals surface area contributed by atoms with Crippen molar-refractivity contribution in [2.45, 2.75) is 38.5 Å². The van der Waals surface area contributed by atoms with Crippen LogP contribution in [0.15, 0.2) is 42.5 Å². The molecule has 0 saturated carbocycles. The van der Waals surface area contributed by atoms with E-state index in [0.717, 1.165) is 30.7 Å². The minimum absolute atomic E-state index is 0.102. The number of rotatable bonds is 5. The molecule has 116 valence electrons. The van der Waals surface area contributed by atoms with E-state index in [1.165, 1.54) is 23.1 Å². The van der Waals surface area contributed by atoms with Gasteiger partial charge in [-0.2, -0.15) is 0 Å². The van der Waals surface area contributed by atoms with Crippen LogP contribution in [0.5, 0.6) is 5.75 Å². The summed E-state index contributed by atoms with van der Waals surface area (Å²) < 4.78 is 5.33. The number of methoxy groups -OCH3 is 1. The topological polar surface area (TPSA) is 41.5 Å². The summed E-state index contributed by atoms with van der Waals surface area (Å²) in [7, 11) is 1.72. The van der Waals surface area contributed by atoms with E-state index in [0.29, 0.717) is 6.04 Å². The fraction of sp³-hybridized carbons (Fsp3) is 0.368. The van der Waals surface area contributed by atoms with E-state index in [9.17, 15) is 5.11 Å². The molecule has 1 aliphatic carbocycles. The lowest BCUT2D eigenvalue weighted by molar-refractivity contribution is 0.281. The van der Waals surface area contributed by atoms with Crippen molar-refractivity contribution in [1.82, 2.24) is 5.32 Å². The third-order valence-corrected chi connectivity index (χ3v) is 4.41. The van der Waals surface area contributed by atoms with Gasteiger partial charge in [0, 0.05) is 12.6 Å². The Labute approximate surface area is 131 Å². The number of hydrogen-bond acceptors (Lipinski definition) is 3. The fourth-order valence-electron chi connectivity index (χ4n) is 3.13. The molecule has 22 heavy (non-hydrogen) atoms. The number of benzene rings is 2. The van der Waals surface area contributed by atoms with E-state index < -0.39 is 0 Å². The second-order valence-electron chi connectivity index (χ2n) is 5.93. The molecule has 1 atom stereocenters. The number of hydrogen-bond donors (Lipinski definition) is 2. The lowest BCUT2D eigenvalue weighted by atomic mass is 9.88. The van der Waals surface area contributed by atoms with Crippen LogP contribution in [0.2, 0.25) is 0 Å². The smallest absolute Gasteiger partial charge is 0.119 e. The second kappa shape index (κ2) is 6.95. The highest BCUT2D eigenvalue weighted by molar-refractivity contribution is 5.38. The molecule has 0 spiro atoms. The Hall–Kier alpha value is -1.84. The average molecular weight is 297 g/mol. The standard InChI is InChI=1S/C19H23NO2/c1-22-19-8-6-16-5-7-18(10-17(16)11-19)20-12-14-3-2-4-15(9-14)13-21/h2-4,6,8-9,11,18,20-21H,5,7,10,12-13H2,1H3. The first-order valence-corrected chi connectivity index (χ1v) is 7.86. The van der Waals surface area contributed by atoms with Crippen LogP contribution in [0.1, 0.15) is 28.7 Å². The highest BCUT2D eigenvalue weighted by Gasteiger charge is 2.18. The van der Waals surface area contributed by atoms with E-state index in [4.69, 9.17) is 4.74 Å². The highest BCUT2D eigenvalue weighted by Crippen LogP contribution is 2.25. The van der Waals surface area contributed by atoms with E-state index in [1.807, 2.05) is 18.2 Å². The van der Waals surface area contributed by atoms with Crippen molar-refractivity contribution >= 4 is 0 Å². The first-order valence-electron chi connectivity index (χ1n) is 7.86. The summed E-state index contributed by atoms with van der Waals surface area (Å²) in [5, 5.41) is 12.9. The van der Waals surface area contributed by atoms with Gasteiger partial charge in [0.2, 0.25) is 0 Å². The molecule has 2 N–H and O–H groups in total. The van der Waals surface area contributed by atoms with Gasteiger partial charge < -0.3 is 15.2 Å². The molecule has 2 aromatic rings. The first kappa shape index (κ1) is 15.1. The summed E-state index contributed by atoms with van der Waals surface area (Å²) in [4.78, 5) is 0. The van der Waals surface area contributed by atoms with Gasteiger partial charge in [-0.1, -0.05) is 30.3 Å². The second-order valence-corrected chi connectivity index (χ2v) is 5.93. The van der Waals surface area contributed by atoms with Crippen LogP contribution >= 0.6 is 0 Å². The van der Waals surface area contributed by atoms with Crippen molar-refractivity contribution in [1.29, 1.82) is 0 Å². The molecule has 1 aliphatic rings. The van der Waals surface area contributed by atoms with Gasteiger partial charge in [-0.3, -0.25) is 0 Å². The van der Waals surface area contributed by atoms with E-state index in [2.05, 4.69) is 29.6 Å². The molecular weight excluding hydrogens is 274 g/mol. The van der Waals surface area contributed by atoms with Crippen LogP contribution in [0.25, 0.3) is 0 Å². The Bertz CT molecular complexity index is 639. The van der Waals surface area contributed by atoms with E-state index >= 15 is 0 Å². The Balaban J connectivity index is 1.62. The monoisotopic (exact) mass is 297 g/mol. The van der Waals surface area contributed by atoms with Crippen molar-refractivity contribution in [3.8, 4) is 5.75 Å². The van der Waals surface area contributed by atoms with Crippen LogP contribution in [0.4, 0.5) is 0 Å². The Morgan fingerprint density at radius 1 is 1.14 bits per heavy atom. The van der Waals surface area contributed by atoms with Crippen molar-refractivity contribution in [3.63, 3.8) is 0 Å². The number of nitrogens with one attached hydrogen (secondary N) is 1. The Morgan fingerprint density at radius 3 is 2.82 bits per heavy atom. The van der Waals surface area contributed by atoms with E-state index in [-0.39, 0.29) is 6.61 Å². The van der Waals surface area contributed by atoms with Gasteiger partial charge in [0.25, 0.3) is 0 Å². The lowest BCUT2D eigenvalue weighted by Crippen LogP contribution is -2.34. The number of fused-ring (bicyclic) bond motifs is 1.